The molecule has 4 rings (SSSR count). The molecular formula is C20H19N5O. The maximum absolute atomic E-state index is 12.3. The molecule has 2 aromatic carbocycles. The molecule has 6 heteroatoms. The van der Waals surface area contributed by atoms with Crippen LogP contribution in [-0.4, -0.2) is 31.6 Å². The molecule has 0 unspecified atom stereocenters. The summed E-state index contributed by atoms with van der Waals surface area (Å²) in [6.45, 7) is 1.44. The molecule has 0 aliphatic carbocycles. The van der Waals surface area contributed by atoms with Crippen LogP contribution in [0.2, 0.25) is 0 Å². The molecule has 0 atom stereocenters. The van der Waals surface area contributed by atoms with Crippen LogP contribution in [0.4, 0.5) is 0 Å². The van der Waals surface area contributed by atoms with Gasteiger partial charge in [-0.1, -0.05) is 12.1 Å². The first-order chi connectivity index (χ1) is 12.8. The summed E-state index contributed by atoms with van der Waals surface area (Å²) < 4.78 is 4.01. The standard InChI is InChI=1S/C20H19N5O/c26-20(16-6-8-17(9-7-16)24-13-11-21-14-24)22-10-3-12-25-15-23-18-4-1-2-5-19(18)25/h1-2,4-9,11,13-15H,3,10,12H2,(H,22,26). The maximum atomic E-state index is 12.3. The van der Waals surface area contributed by atoms with Crippen LogP contribution in [-0.2, 0) is 6.54 Å². The fraction of sp³-hybridized carbons (Fsp3) is 0.150. The third kappa shape index (κ3) is 3.35. The number of nitrogens with zero attached hydrogens (tertiary/aromatic N) is 4. The number of hydrogen-bond acceptors (Lipinski definition) is 3. The van der Waals surface area contributed by atoms with Crippen molar-refractivity contribution in [1.29, 1.82) is 0 Å². The molecule has 0 saturated heterocycles. The van der Waals surface area contributed by atoms with E-state index in [0.717, 1.165) is 29.7 Å². The van der Waals surface area contributed by atoms with E-state index in [0.29, 0.717) is 12.1 Å². The molecule has 130 valence electrons. The van der Waals surface area contributed by atoms with Crippen molar-refractivity contribution in [1.82, 2.24) is 24.4 Å². The smallest absolute Gasteiger partial charge is 0.251 e. The lowest BCUT2D eigenvalue weighted by Gasteiger charge is -2.08. The highest BCUT2D eigenvalue weighted by molar-refractivity contribution is 5.94. The SMILES string of the molecule is O=C(NCCCn1cnc2ccccc21)c1ccc(-n2ccnc2)cc1. The van der Waals surface area contributed by atoms with E-state index in [1.54, 1.807) is 12.5 Å². The zero-order valence-corrected chi connectivity index (χ0v) is 14.2. The minimum absolute atomic E-state index is 0.0577. The molecular weight excluding hydrogens is 326 g/mol. The van der Waals surface area contributed by atoms with Gasteiger partial charge in [-0.15, -0.1) is 0 Å². The average Bonchev–Trinajstić information content (AvgIpc) is 3.35. The number of aromatic nitrogens is 4. The van der Waals surface area contributed by atoms with Gasteiger partial charge in [-0.25, -0.2) is 9.97 Å². The summed E-state index contributed by atoms with van der Waals surface area (Å²) in [6.07, 6.45) is 8.02. The largest absolute Gasteiger partial charge is 0.352 e. The molecule has 0 fully saturated rings. The Labute approximate surface area is 151 Å². The summed E-state index contributed by atoms with van der Waals surface area (Å²) in [5.41, 5.74) is 3.75. The van der Waals surface area contributed by atoms with Crippen molar-refractivity contribution < 1.29 is 4.79 Å². The Kier molecular flexibility index (Phi) is 4.47. The quantitative estimate of drug-likeness (QED) is 0.546. The van der Waals surface area contributed by atoms with Crippen LogP contribution >= 0.6 is 0 Å². The van der Waals surface area contributed by atoms with Crippen LogP contribution in [0.25, 0.3) is 16.7 Å². The Morgan fingerprint density at radius 2 is 1.88 bits per heavy atom. The first-order valence-corrected chi connectivity index (χ1v) is 8.58. The fourth-order valence-electron chi connectivity index (χ4n) is 2.94. The van der Waals surface area contributed by atoms with Crippen molar-refractivity contribution in [3.63, 3.8) is 0 Å². The molecule has 0 aliphatic heterocycles. The summed E-state index contributed by atoms with van der Waals surface area (Å²) >= 11 is 0. The first-order valence-electron chi connectivity index (χ1n) is 8.58. The first kappa shape index (κ1) is 16.1. The lowest BCUT2D eigenvalue weighted by atomic mass is 10.2. The van der Waals surface area contributed by atoms with E-state index in [9.17, 15) is 4.79 Å². The van der Waals surface area contributed by atoms with E-state index in [2.05, 4.69) is 25.9 Å². The average molecular weight is 345 g/mol. The van der Waals surface area contributed by atoms with Crippen LogP contribution in [0.5, 0.6) is 0 Å². The van der Waals surface area contributed by atoms with Gasteiger partial charge in [0.15, 0.2) is 0 Å². The number of hydrogen-bond donors (Lipinski definition) is 1. The lowest BCUT2D eigenvalue weighted by molar-refractivity contribution is 0.0953. The van der Waals surface area contributed by atoms with Crippen LogP contribution in [0.15, 0.2) is 73.6 Å². The van der Waals surface area contributed by atoms with E-state index in [1.165, 1.54) is 0 Å². The second-order valence-electron chi connectivity index (χ2n) is 6.05. The summed E-state index contributed by atoms with van der Waals surface area (Å²) in [4.78, 5) is 20.7. The zero-order valence-electron chi connectivity index (χ0n) is 14.2. The topological polar surface area (TPSA) is 64.7 Å². The van der Waals surface area contributed by atoms with Gasteiger partial charge >= 0.3 is 0 Å². The molecule has 2 aromatic heterocycles. The molecule has 0 bridgehead atoms. The summed E-state index contributed by atoms with van der Waals surface area (Å²) in [5, 5.41) is 2.97. The molecule has 0 radical (unpaired) electrons. The van der Waals surface area contributed by atoms with Gasteiger partial charge in [0.2, 0.25) is 0 Å². The predicted molar refractivity (Wildman–Crippen MR) is 100 cm³/mol. The van der Waals surface area contributed by atoms with E-state index in [-0.39, 0.29) is 5.91 Å². The van der Waals surface area contributed by atoms with E-state index < -0.39 is 0 Å². The van der Waals surface area contributed by atoms with Crippen molar-refractivity contribution in [2.45, 2.75) is 13.0 Å². The van der Waals surface area contributed by atoms with Gasteiger partial charge in [0.25, 0.3) is 5.91 Å². The van der Waals surface area contributed by atoms with E-state index >= 15 is 0 Å². The number of carbonyl (C=O) groups excluding carboxylic acids is 1. The fourth-order valence-corrected chi connectivity index (χ4v) is 2.94. The second-order valence-corrected chi connectivity index (χ2v) is 6.05. The Morgan fingerprint density at radius 3 is 2.69 bits per heavy atom. The van der Waals surface area contributed by atoms with Gasteiger partial charge in [-0.2, -0.15) is 0 Å². The van der Waals surface area contributed by atoms with Crippen molar-refractivity contribution in [2.24, 2.45) is 0 Å². The van der Waals surface area contributed by atoms with Crippen LogP contribution in [0.3, 0.4) is 0 Å². The summed E-state index contributed by atoms with van der Waals surface area (Å²) in [7, 11) is 0. The van der Waals surface area contributed by atoms with Gasteiger partial charge < -0.3 is 14.5 Å². The number of amides is 1. The van der Waals surface area contributed by atoms with Crippen molar-refractivity contribution in [3.8, 4) is 5.69 Å². The monoisotopic (exact) mass is 345 g/mol. The number of carbonyl (C=O) groups is 1. The highest BCUT2D eigenvalue weighted by Crippen LogP contribution is 2.12. The van der Waals surface area contributed by atoms with Gasteiger partial charge in [-0.05, 0) is 42.8 Å². The summed E-state index contributed by atoms with van der Waals surface area (Å²) in [5.74, 6) is -0.0577. The van der Waals surface area contributed by atoms with E-state index in [4.69, 9.17) is 0 Å². The van der Waals surface area contributed by atoms with E-state index in [1.807, 2.05) is 59.6 Å². The van der Waals surface area contributed by atoms with Gasteiger partial charge in [0, 0.05) is 36.7 Å². The predicted octanol–water partition coefficient (Wildman–Crippen LogP) is 3.04. The minimum atomic E-state index is -0.0577. The van der Waals surface area contributed by atoms with Crippen molar-refractivity contribution in [2.75, 3.05) is 6.54 Å². The molecule has 1 N–H and O–H groups in total. The molecule has 1 amide bonds. The lowest BCUT2D eigenvalue weighted by Crippen LogP contribution is -2.25. The normalized spacial score (nSPS) is 10.9. The molecule has 4 aromatic rings. The van der Waals surface area contributed by atoms with Crippen LogP contribution in [0.1, 0.15) is 16.8 Å². The number of benzene rings is 2. The highest BCUT2D eigenvalue weighted by Gasteiger charge is 2.06. The highest BCUT2D eigenvalue weighted by atomic mass is 16.1. The van der Waals surface area contributed by atoms with Crippen LogP contribution < -0.4 is 5.32 Å². The zero-order chi connectivity index (χ0) is 17.8. The van der Waals surface area contributed by atoms with Gasteiger partial charge in [0.1, 0.15) is 0 Å². The van der Waals surface area contributed by atoms with Crippen molar-refractivity contribution >= 4 is 16.9 Å². The third-order valence-corrected chi connectivity index (χ3v) is 4.32. The maximum Gasteiger partial charge on any atom is 0.251 e. The third-order valence-electron chi connectivity index (χ3n) is 4.32. The number of nitrogens with one attached hydrogen (secondary N) is 1. The van der Waals surface area contributed by atoms with Gasteiger partial charge in [-0.3, -0.25) is 4.79 Å². The molecule has 2 heterocycles. The van der Waals surface area contributed by atoms with Gasteiger partial charge in [0.05, 0.1) is 23.7 Å². The molecule has 26 heavy (non-hydrogen) atoms. The number of rotatable bonds is 6. The number of aryl methyl sites for hydroxylation is 1. The Bertz CT molecular complexity index is 1000. The Balaban J connectivity index is 1.30. The Hall–Kier alpha value is -3.41. The number of imidazole rings is 2. The van der Waals surface area contributed by atoms with Crippen molar-refractivity contribution in [3.05, 3.63) is 79.1 Å². The summed E-state index contributed by atoms with van der Waals surface area (Å²) in [6, 6.07) is 15.5. The molecule has 6 nitrogen and oxygen atoms in total. The Morgan fingerprint density at radius 1 is 1.04 bits per heavy atom. The number of fused-ring (bicyclic) bond motifs is 1. The van der Waals surface area contributed by atoms with Crippen LogP contribution in [0, 0.1) is 0 Å². The molecule has 0 saturated carbocycles. The molecule has 0 spiro atoms. The minimum Gasteiger partial charge on any atom is -0.352 e. The number of para-hydroxylation sites is 2. The molecule has 0 aliphatic rings. The second kappa shape index (κ2) is 7.23.